The first-order valence-electron chi connectivity index (χ1n) is 15.6. The van der Waals surface area contributed by atoms with Gasteiger partial charge in [0.25, 0.3) is 0 Å². The Hall–Kier alpha value is -3.87. The van der Waals surface area contributed by atoms with Crippen LogP contribution >= 0.6 is 0 Å². The van der Waals surface area contributed by atoms with Crippen molar-refractivity contribution in [1.29, 1.82) is 0 Å². The summed E-state index contributed by atoms with van der Waals surface area (Å²) in [5, 5.41) is 5.80. The molecule has 7 nitrogen and oxygen atoms in total. The number of likely N-dealkylation sites (N-methyl/N-ethyl adjacent to an activating group) is 1. The first-order valence-corrected chi connectivity index (χ1v) is 15.6. The molecule has 0 radical (unpaired) electrons. The van der Waals surface area contributed by atoms with Crippen LogP contribution in [0.4, 0.5) is 14.6 Å². The van der Waals surface area contributed by atoms with Gasteiger partial charge in [0.05, 0.1) is 10.9 Å². The van der Waals surface area contributed by atoms with E-state index in [-0.39, 0.29) is 34.9 Å². The molecule has 9 heteroatoms. The van der Waals surface area contributed by atoms with Crippen molar-refractivity contribution in [3.05, 3.63) is 54.0 Å². The van der Waals surface area contributed by atoms with Gasteiger partial charge in [-0.3, -0.25) is 9.88 Å². The quantitative estimate of drug-likeness (QED) is 0.243. The van der Waals surface area contributed by atoms with Crippen molar-refractivity contribution in [2.75, 3.05) is 45.7 Å². The van der Waals surface area contributed by atoms with Crippen LogP contribution in [-0.2, 0) is 0 Å². The van der Waals surface area contributed by atoms with E-state index in [1.165, 1.54) is 6.42 Å². The number of hydrogen-bond donors (Lipinski definition) is 1. The Balaban J connectivity index is 1.32. The highest BCUT2D eigenvalue weighted by molar-refractivity contribution is 6.01. The highest BCUT2D eigenvalue weighted by Gasteiger charge is 2.49. The highest BCUT2D eigenvalue weighted by Crippen LogP contribution is 2.41. The SMILES string of the molecule is CC#Cc1cccc2cccc(-c3ncc4c(NCC5(N(C)C)CCC5)nc(OCC56CCCN5C[C@H](F)C6)nc4c3F)c12. The second-order valence-corrected chi connectivity index (χ2v) is 12.8. The fourth-order valence-electron chi connectivity index (χ4n) is 7.46. The topological polar surface area (TPSA) is 66.4 Å². The Kier molecular flexibility index (Phi) is 7.38. The molecule has 228 valence electrons. The Morgan fingerprint density at radius 2 is 1.93 bits per heavy atom. The summed E-state index contributed by atoms with van der Waals surface area (Å²) in [6.45, 7) is 4.00. The molecule has 7 rings (SSSR count). The number of ether oxygens (including phenoxy) is 1. The van der Waals surface area contributed by atoms with Gasteiger partial charge in [-0.15, -0.1) is 5.92 Å². The number of aromatic nitrogens is 3. The predicted octanol–water partition coefficient (Wildman–Crippen LogP) is 6.21. The third-order valence-electron chi connectivity index (χ3n) is 10.1. The van der Waals surface area contributed by atoms with E-state index in [9.17, 15) is 4.39 Å². The van der Waals surface area contributed by atoms with E-state index in [0.717, 1.165) is 48.6 Å². The van der Waals surface area contributed by atoms with Crippen molar-refractivity contribution in [1.82, 2.24) is 24.8 Å². The second kappa shape index (κ2) is 11.2. The van der Waals surface area contributed by atoms with E-state index in [1.54, 1.807) is 13.1 Å². The summed E-state index contributed by atoms with van der Waals surface area (Å²) in [5.74, 6) is 6.08. The van der Waals surface area contributed by atoms with Crippen molar-refractivity contribution >= 4 is 27.5 Å². The maximum absolute atomic E-state index is 16.7. The Morgan fingerprint density at radius 1 is 1.11 bits per heavy atom. The zero-order valence-electron chi connectivity index (χ0n) is 25.6. The molecule has 2 aliphatic heterocycles. The molecular formula is C35H38F2N6O. The van der Waals surface area contributed by atoms with E-state index < -0.39 is 12.0 Å². The van der Waals surface area contributed by atoms with Crippen LogP contribution in [-0.4, -0.2) is 82.3 Å². The number of benzene rings is 2. The molecule has 3 fully saturated rings. The van der Waals surface area contributed by atoms with Gasteiger partial charge in [-0.05, 0) is 71.1 Å². The lowest BCUT2D eigenvalue weighted by atomic mass is 9.75. The van der Waals surface area contributed by atoms with Crippen LogP contribution < -0.4 is 10.1 Å². The van der Waals surface area contributed by atoms with E-state index in [4.69, 9.17) is 9.72 Å². The lowest BCUT2D eigenvalue weighted by molar-refractivity contribution is 0.0738. The number of fused-ring (bicyclic) bond motifs is 3. The first-order chi connectivity index (χ1) is 21.3. The van der Waals surface area contributed by atoms with Crippen LogP contribution in [0, 0.1) is 17.7 Å². The number of rotatable bonds is 8. The number of halogens is 2. The molecule has 1 N–H and O–H groups in total. The molecule has 3 aliphatic rings. The lowest BCUT2D eigenvalue weighted by Gasteiger charge is -2.47. The molecule has 4 aromatic rings. The molecule has 1 aliphatic carbocycles. The van der Waals surface area contributed by atoms with Crippen molar-refractivity contribution in [2.24, 2.45) is 0 Å². The molecule has 4 heterocycles. The summed E-state index contributed by atoms with van der Waals surface area (Å²) in [5.41, 5.74) is 1.44. The van der Waals surface area contributed by atoms with Gasteiger partial charge in [-0.25, -0.2) is 8.78 Å². The number of nitrogens with zero attached hydrogens (tertiary/aromatic N) is 5. The third-order valence-corrected chi connectivity index (χ3v) is 10.1. The van der Waals surface area contributed by atoms with Crippen LogP contribution in [0.25, 0.3) is 32.9 Å². The molecule has 0 amide bonds. The maximum atomic E-state index is 16.7. The van der Waals surface area contributed by atoms with Crippen LogP contribution in [0.3, 0.4) is 0 Å². The van der Waals surface area contributed by atoms with Gasteiger partial charge in [0.2, 0.25) is 0 Å². The lowest BCUT2D eigenvalue weighted by Crippen LogP contribution is -2.54. The van der Waals surface area contributed by atoms with Crippen LogP contribution in [0.2, 0.25) is 0 Å². The number of anilines is 1. The van der Waals surface area contributed by atoms with Crippen molar-refractivity contribution in [2.45, 2.75) is 62.7 Å². The van der Waals surface area contributed by atoms with Gasteiger partial charge in [0.15, 0.2) is 5.82 Å². The second-order valence-electron chi connectivity index (χ2n) is 12.8. The number of pyridine rings is 1. The average Bonchev–Trinajstić information content (AvgIpc) is 3.51. The van der Waals surface area contributed by atoms with E-state index in [2.05, 4.69) is 51.0 Å². The Labute approximate surface area is 257 Å². The minimum absolute atomic E-state index is 0.00712. The minimum Gasteiger partial charge on any atom is -0.461 e. The summed E-state index contributed by atoms with van der Waals surface area (Å²) in [6.07, 6.45) is 6.40. The zero-order chi connectivity index (χ0) is 30.5. The molecule has 1 unspecified atom stereocenters. The van der Waals surface area contributed by atoms with Gasteiger partial charge < -0.3 is 15.0 Å². The molecule has 2 aromatic heterocycles. The van der Waals surface area contributed by atoms with Gasteiger partial charge in [-0.2, -0.15) is 9.97 Å². The van der Waals surface area contributed by atoms with Crippen molar-refractivity contribution in [3.8, 4) is 29.1 Å². The first kappa shape index (κ1) is 28.9. The van der Waals surface area contributed by atoms with Crippen molar-refractivity contribution < 1.29 is 13.5 Å². The molecule has 0 bridgehead atoms. The maximum Gasteiger partial charge on any atom is 0.319 e. The summed E-state index contributed by atoms with van der Waals surface area (Å²) in [6, 6.07) is 11.7. The Morgan fingerprint density at radius 3 is 2.68 bits per heavy atom. The van der Waals surface area contributed by atoms with Gasteiger partial charge in [-0.1, -0.05) is 36.3 Å². The number of hydrogen-bond acceptors (Lipinski definition) is 7. The normalized spacial score (nSPS) is 22.5. The Bertz CT molecular complexity index is 1790. The summed E-state index contributed by atoms with van der Waals surface area (Å²) < 4.78 is 37.4. The predicted molar refractivity (Wildman–Crippen MR) is 170 cm³/mol. The number of alkyl halides is 1. The summed E-state index contributed by atoms with van der Waals surface area (Å²) in [7, 11) is 4.18. The standard InChI is InChI=1S/C35H38F2N6O/c1-4-9-23-10-5-11-24-12-6-13-26(28(23)24)30-29(37)31-27(19-38-30)32(39-21-34(42(2)3)14-7-15-34)41-33(40-31)44-22-35-16-8-17-43(35)20-25(36)18-35/h5-6,10-13,19,25H,7-8,14-18,20-22H2,1-3H3,(H,39,40,41)/t25-,35?/m1/s1. The van der Waals surface area contributed by atoms with Gasteiger partial charge in [0.1, 0.15) is 29.8 Å². The summed E-state index contributed by atoms with van der Waals surface area (Å²) >= 11 is 0. The molecule has 1 saturated carbocycles. The van der Waals surface area contributed by atoms with E-state index in [1.807, 2.05) is 36.4 Å². The molecule has 2 aromatic carbocycles. The number of nitrogens with one attached hydrogen (secondary N) is 1. The summed E-state index contributed by atoms with van der Waals surface area (Å²) in [4.78, 5) is 18.5. The van der Waals surface area contributed by atoms with E-state index in [0.29, 0.717) is 36.3 Å². The van der Waals surface area contributed by atoms with E-state index >= 15 is 4.39 Å². The third kappa shape index (κ3) is 4.85. The molecule has 44 heavy (non-hydrogen) atoms. The van der Waals surface area contributed by atoms with Crippen molar-refractivity contribution in [3.63, 3.8) is 0 Å². The largest absolute Gasteiger partial charge is 0.461 e. The monoisotopic (exact) mass is 596 g/mol. The van der Waals surface area contributed by atoms with Crippen LogP contribution in [0.5, 0.6) is 6.01 Å². The molecule has 0 spiro atoms. The molecule has 2 saturated heterocycles. The minimum atomic E-state index is -0.868. The van der Waals surface area contributed by atoms with Crippen LogP contribution in [0.1, 0.15) is 51.0 Å². The molecule has 2 atom stereocenters. The highest BCUT2D eigenvalue weighted by atomic mass is 19.1. The van der Waals surface area contributed by atoms with Gasteiger partial charge >= 0.3 is 6.01 Å². The molecular weight excluding hydrogens is 558 g/mol. The average molecular weight is 597 g/mol. The fourth-order valence-corrected chi connectivity index (χ4v) is 7.46. The fraction of sp³-hybridized carbons (Fsp3) is 0.457. The smallest absolute Gasteiger partial charge is 0.319 e. The van der Waals surface area contributed by atoms with Gasteiger partial charge in [0, 0.05) is 47.8 Å². The van der Waals surface area contributed by atoms with Crippen LogP contribution in [0.15, 0.2) is 42.6 Å². The zero-order valence-corrected chi connectivity index (χ0v) is 25.6.